The predicted octanol–water partition coefficient (Wildman–Crippen LogP) is 4.54. The standard InChI is InChI=1S/C26H21F3N8O2/c1-14-7-8-18(32-23(38)16-5-4-6-17(11-16)26(27,28)29)12-20(14)37-15(2)19-13-30-24(34-22(19)35-25(37)39)33-21-9-10-31-36(21)3/h4-13H,1-3H3,(H,32,38)(H,33,34,35,39). The molecule has 0 radical (unpaired) electrons. The molecule has 0 spiro atoms. The molecule has 198 valence electrons. The Hall–Kier alpha value is -5.07. The summed E-state index contributed by atoms with van der Waals surface area (Å²) in [7, 11) is 1.75. The molecule has 0 fully saturated rings. The summed E-state index contributed by atoms with van der Waals surface area (Å²) in [5, 5.41) is 10.2. The predicted molar refractivity (Wildman–Crippen MR) is 138 cm³/mol. The highest BCUT2D eigenvalue weighted by Crippen LogP contribution is 2.30. The van der Waals surface area contributed by atoms with E-state index in [-0.39, 0.29) is 22.8 Å². The third-order valence-corrected chi connectivity index (χ3v) is 6.11. The molecule has 0 saturated heterocycles. The van der Waals surface area contributed by atoms with E-state index in [9.17, 15) is 22.8 Å². The van der Waals surface area contributed by atoms with Crippen molar-refractivity contribution in [2.24, 2.45) is 7.05 Å². The normalized spacial score (nSPS) is 11.5. The average molecular weight is 535 g/mol. The van der Waals surface area contributed by atoms with Gasteiger partial charge in [-0.1, -0.05) is 12.1 Å². The van der Waals surface area contributed by atoms with Crippen molar-refractivity contribution in [2.45, 2.75) is 20.0 Å². The molecule has 0 unspecified atom stereocenters. The van der Waals surface area contributed by atoms with Crippen molar-refractivity contribution in [3.8, 4) is 5.69 Å². The van der Waals surface area contributed by atoms with Gasteiger partial charge in [0.25, 0.3) is 5.91 Å². The molecule has 10 nitrogen and oxygen atoms in total. The highest BCUT2D eigenvalue weighted by molar-refractivity contribution is 6.04. The number of fused-ring (bicyclic) bond motifs is 1. The Morgan fingerprint density at radius 1 is 1.03 bits per heavy atom. The van der Waals surface area contributed by atoms with Gasteiger partial charge in [-0.05, 0) is 49.7 Å². The smallest absolute Gasteiger partial charge is 0.322 e. The SMILES string of the molecule is Cc1ccc(NC(=O)c2cccc(C(F)(F)F)c2)cc1-n1c(C)c2cnc(Nc3ccnn3C)nc2nc1=O. The van der Waals surface area contributed by atoms with Gasteiger partial charge in [-0.15, -0.1) is 0 Å². The number of alkyl halides is 3. The Bertz CT molecular complexity index is 1790. The largest absolute Gasteiger partial charge is 0.416 e. The number of nitrogens with one attached hydrogen (secondary N) is 2. The number of carbonyl (C=O) groups is 1. The molecule has 13 heteroatoms. The zero-order valence-electron chi connectivity index (χ0n) is 20.9. The van der Waals surface area contributed by atoms with Gasteiger partial charge in [0, 0.05) is 36.3 Å². The Kier molecular flexibility index (Phi) is 6.34. The first kappa shape index (κ1) is 25.6. The number of amides is 1. The van der Waals surface area contributed by atoms with Gasteiger partial charge < -0.3 is 10.6 Å². The maximum atomic E-state index is 13.1. The number of anilines is 3. The Morgan fingerprint density at radius 3 is 2.54 bits per heavy atom. The van der Waals surface area contributed by atoms with E-state index in [0.717, 1.165) is 12.1 Å². The summed E-state index contributed by atoms with van der Waals surface area (Å²) in [5.41, 5.74) is 0.456. The first-order valence-electron chi connectivity index (χ1n) is 11.6. The van der Waals surface area contributed by atoms with Crippen molar-refractivity contribution >= 4 is 34.4 Å². The van der Waals surface area contributed by atoms with Crippen LogP contribution in [0.1, 0.15) is 27.2 Å². The Labute approximate surface area is 219 Å². The Balaban J connectivity index is 1.48. The number of benzene rings is 2. The Morgan fingerprint density at radius 2 is 1.82 bits per heavy atom. The van der Waals surface area contributed by atoms with Crippen LogP contribution in [0, 0.1) is 13.8 Å². The number of halogens is 3. The van der Waals surface area contributed by atoms with E-state index in [4.69, 9.17) is 0 Å². The van der Waals surface area contributed by atoms with Crippen molar-refractivity contribution in [2.75, 3.05) is 10.6 Å². The summed E-state index contributed by atoms with van der Waals surface area (Å²) in [6, 6.07) is 10.7. The molecule has 1 amide bonds. The van der Waals surface area contributed by atoms with Crippen LogP contribution < -0.4 is 16.3 Å². The summed E-state index contributed by atoms with van der Waals surface area (Å²) in [6.07, 6.45) is -1.41. The van der Waals surface area contributed by atoms with Crippen molar-refractivity contribution in [3.05, 3.63) is 93.8 Å². The number of hydrogen-bond acceptors (Lipinski definition) is 7. The van der Waals surface area contributed by atoms with Gasteiger partial charge in [-0.25, -0.2) is 9.78 Å². The fourth-order valence-electron chi connectivity index (χ4n) is 4.04. The van der Waals surface area contributed by atoms with E-state index in [1.54, 1.807) is 62.2 Å². The van der Waals surface area contributed by atoms with Crippen molar-refractivity contribution in [1.82, 2.24) is 29.3 Å². The molecular formula is C26H21F3N8O2. The molecule has 5 aromatic rings. The quantitative estimate of drug-likeness (QED) is 0.340. The minimum absolute atomic E-state index is 0.152. The van der Waals surface area contributed by atoms with Crippen molar-refractivity contribution in [3.63, 3.8) is 0 Å². The van der Waals surface area contributed by atoms with E-state index >= 15 is 0 Å². The fraction of sp³-hybridized carbons (Fsp3) is 0.154. The van der Waals surface area contributed by atoms with Crippen LogP contribution in [0.3, 0.4) is 0 Å². The first-order chi connectivity index (χ1) is 18.5. The molecular weight excluding hydrogens is 513 g/mol. The highest BCUT2D eigenvalue weighted by Gasteiger charge is 2.31. The monoisotopic (exact) mass is 534 g/mol. The van der Waals surface area contributed by atoms with Crippen LogP contribution in [0.15, 0.2) is 65.7 Å². The molecule has 39 heavy (non-hydrogen) atoms. The minimum Gasteiger partial charge on any atom is -0.322 e. The summed E-state index contributed by atoms with van der Waals surface area (Å²) in [4.78, 5) is 38.7. The lowest BCUT2D eigenvalue weighted by atomic mass is 10.1. The van der Waals surface area contributed by atoms with Gasteiger partial charge >= 0.3 is 11.9 Å². The first-order valence-corrected chi connectivity index (χ1v) is 11.6. The van der Waals surface area contributed by atoms with Crippen LogP contribution in [0.5, 0.6) is 0 Å². The summed E-state index contributed by atoms with van der Waals surface area (Å²) >= 11 is 0. The van der Waals surface area contributed by atoms with Crippen LogP contribution in [0.2, 0.25) is 0 Å². The molecule has 2 aromatic carbocycles. The molecule has 2 N–H and O–H groups in total. The molecule has 3 heterocycles. The lowest BCUT2D eigenvalue weighted by Crippen LogP contribution is -2.25. The number of carbonyl (C=O) groups excluding carboxylic acids is 1. The van der Waals surface area contributed by atoms with Gasteiger partial charge in [-0.3, -0.25) is 14.0 Å². The zero-order valence-corrected chi connectivity index (χ0v) is 20.9. The lowest BCUT2D eigenvalue weighted by molar-refractivity contribution is -0.137. The van der Waals surface area contributed by atoms with E-state index in [2.05, 4.69) is 30.7 Å². The summed E-state index contributed by atoms with van der Waals surface area (Å²) < 4.78 is 42.2. The third-order valence-electron chi connectivity index (χ3n) is 6.11. The van der Waals surface area contributed by atoms with Crippen LogP contribution in [-0.2, 0) is 13.2 Å². The van der Waals surface area contributed by atoms with Gasteiger partial charge in [-0.2, -0.15) is 28.2 Å². The zero-order chi connectivity index (χ0) is 27.9. The van der Waals surface area contributed by atoms with Crippen LogP contribution in [0.4, 0.5) is 30.6 Å². The maximum absolute atomic E-state index is 13.1. The van der Waals surface area contributed by atoms with Gasteiger partial charge in [0.05, 0.1) is 22.8 Å². The van der Waals surface area contributed by atoms with Crippen LogP contribution >= 0.6 is 0 Å². The molecule has 0 saturated carbocycles. The average Bonchev–Trinajstić information content (AvgIpc) is 3.29. The molecule has 0 aliphatic rings. The number of aromatic nitrogens is 6. The second kappa shape index (κ2) is 9.67. The summed E-state index contributed by atoms with van der Waals surface area (Å²) in [5.74, 6) is 0.170. The van der Waals surface area contributed by atoms with Gasteiger partial charge in [0.2, 0.25) is 5.95 Å². The molecule has 0 aliphatic heterocycles. The molecule has 5 rings (SSSR count). The number of nitrogens with zero attached hydrogens (tertiary/aromatic N) is 6. The van der Waals surface area contributed by atoms with Crippen molar-refractivity contribution in [1.29, 1.82) is 0 Å². The third kappa shape index (κ3) is 5.06. The van der Waals surface area contributed by atoms with E-state index in [1.165, 1.54) is 16.7 Å². The van der Waals surface area contributed by atoms with E-state index < -0.39 is 23.3 Å². The second-order valence-electron chi connectivity index (χ2n) is 8.75. The number of hydrogen-bond donors (Lipinski definition) is 2. The fourth-order valence-corrected chi connectivity index (χ4v) is 4.04. The van der Waals surface area contributed by atoms with Crippen molar-refractivity contribution < 1.29 is 18.0 Å². The minimum atomic E-state index is -4.58. The highest BCUT2D eigenvalue weighted by atomic mass is 19.4. The molecule has 0 bridgehead atoms. The maximum Gasteiger partial charge on any atom is 0.416 e. The molecule has 0 aliphatic carbocycles. The number of aryl methyl sites for hydroxylation is 3. The van der Waals surface area contributed by atoms with E-state index in [0.29, 0.717) is 28.1 Å². The topological polar surface area (TPSA) is 120 Å². The van der Waals surface area contributed by atoms with E-state index in [1.807, 2.05) is 0 Å². The molecule has 3 aromatic heterocycles. The van der Waals surface area contributed by atoms with Crippen LogP contribution in [0.25, 0.3) is 16.7 Å². The molecule has 0 atom stereocenters. The van der Waals surface area contributed by atoms with Crippen LogP contribution in [-0.4, -0.2) is 35.2 Å². The summed E-state index contributed by atoms with van der Waals surface area (Å²) in [6.45, 7) is 3.50. The van der Waals surface area contributed by atoms with Gasteiger partial charge in [0.15, 0.2) is 5.65 Å². The second-order valence-corrected chi connectivity index (χ2v) is 8.75. The van der Waals surface area contributed by atoms with Gasteiger partial charge in [0.1, 0.15) is 5.82 Å². The number of rotatable bonds is 5. The lowest BCUT2D eigenvalue weighted by Gasteiger charge is -2.16.